The molecule has 20 heavy (non-hydrogen) atoms. The lowest BCUT2D eigenvalue weighted by Crippen LogP contribution is -3.00. The first-order chi connectivity index (χ1) is 9.38. The predicted molar refractivity (Wildman–Crippen MR) is 78.6 cm³/mol. The number of nitrogens with one attached hydrogen (secondary N) is 1. The zero-order valence-corrected chi connectivity index (χ0v) is 11.9. The molecule has 0 aliphatic carbocycles. The van der Waals surface area contributed by atoms with Crippen molar-refractivity contribution in [3.8, 4) is 0 Å². The summed E-state index contributed by atoms with van der Waals surface area (Å²) in [5, 5.41) is 4.45. The van der Waals surface area contributed by atoms with Gasteiger partial charge in [0.25, 0.3) is 0 Å². The van der Waals surface area contributed by atoms with Crippen LogP contribution in [-0.2, 0) is 6.42 Å². The van der Waals surface area contributed by atoms with E-state index in [1.54, 1.807) is 6.33 Å². The standard InChI is InChI=1S/C16H15N3.ClH/c1-2-12-7-3-5-9-14(12)19-16-13-8-4-6-10-15(13)17-11-18-16;/h3-11H,2H2,1H3,(H,17,18,19);1H/p-1. The van der Waals surface area contributed by atoms with E-state index >= 15 is 0 Å². The van der Waals surface area contributed by atoms with Crippen molar-refractivity contribution in [2.24, 2.45) is 0 Å². The summed E-state index contributed by atoms with van der Waals surface area (Å²) in [6.45, 7) is 2.15. The molecule has 0 saturated carbocycles. The van der Waals surface area contributed by atoms with Gasteiger partial charge in [-0.2, -0.15) is 0 Å². The van der Waals surface area contributed by atoms with Crippen molar-refractivity contribution < 1.29 is 12.4 Å². The summed E-state index contributed by atoms with van der Waals surface area (Å²) in [5.41, 5.74) is 3.34. The monoisotopic (exact) mass is 284 g/mol. The van der Waals surface area contributed by atoms with Gasteiger partial charge in [-0.25, -0.2) is 9.97 Å². The second-order valence-electron chi connectivity index (χ2n) is 4.38. The predicted octanol–water partition coefficient (Wildman–Crippen LogP) is 0.940. The van der Waals surface area contributed by atoms with Gasteiger partial charge in [0.15, 0.2) is 0 Å². The molecule has 0 aliphatic rings. The normalized spacial score (nSPS) is 10.1. The molecule has 0 unspecified atom stereocenters. The Morgan fingerprint density at radius 2 is 1.70 bits per heavy atom. The maximum Gasteiger partial charge on any atom is 0.141 e. The lowest BCUT2D eigenvalue weighted by atomic mass is 10.1. The van der Waals surface area contributed by atoms with Gasteiger partial charge in [0.1, 0.15) is 12.1 Å². The number of nitrogens with zero attached hydrogens (tertiary/aromatic N) is 2. The second kappa shape index (κ2) is 6.35. The lowest BCUT2D eigenvalue weighted by Gasteiger charge is -2.11. The number of aryl methyl sites for hydroxylation is 1. The van der Waals surface area contributed by atoms with Crippen molar-refractivity contribution in [2.75, 3.05) is 5.32 Å². The zero-order valence-electron chi connectivity index (χ0n) is 11.2. The van der Waals surface area contributed by atoms with E-state index in [0.717, 1.165) is 28.8 Å². The highest BCUT2D eigenvalue weighted by Crippen LogP contribution is 2.24. The number of halogens is 1. The van der Waals surface area contributed by atoms with E-state index in [2.05, 4.69) is 40.4 Å². The summed E-state index contributed by atoms with van der Waals surface area (Å²) in [4.78, 5) is 8.63. The highest BCUT2D eigenvalue weighted by Gasteiger charge is 2.05. The third-order valence-electron chi connectivity index (χ3n) is 3.19. The maximum absolute atomic E-state index is 4.36. The molecule has 0 bridgehead atoms. The van der Waals surface area contributed by atoms with Crippen molar-refractivity contribution in [3.63, 3.8) is 0 Å². The molecule has 1 N–H and O–H groups in total. The maximum atomic E-state index is 4.36. The number of para-hydroxylation sites is 2. The first-order valence-corrected chi connectivity index (χ1v) is 6.43. The van der Waals surface area contributed by atoms with Gasteiger partial charge < -0.3 is 17.7 Å². The fourth-order valence-electron chi connectivity index (χ4n) is 2.18. The molecule has 3 aromatic rings. The largest absolute Gasteiger partial charge is 1.00 e. The Kier molecular flexibility index (Phi) is 4.53. The summed E-state index contributed by atoms with van der Waals surface area (Å²) >= 11 is 0. The van der Waals surface area contributed by atoms with Crippen LogP contribution in [0.3, 0.4) is 0 Å². The van der Waals surface area contributed by atoms with Crippen LogP contribution < -0.4 is 17.7 Å². The summed E-state index contributed by atoms with van der Waals surface area (Å²) in [6, 6.07) is 16.3. The number of fused-ring (bicyclic) bond motifs is 1. The van der Waals surface area contributed by atoms with E-state index in [9.17, 15) is 0 Å². The Labute approximate surface area is 124 Å². The second-order valence-corrected chi connectivity index (χ2v) is 4.38. The molecule has 1 heterocycles. The molecule has 1 aromatic heterocycles. The van der Waals surface area contributed by atoms with Crippen molar-refractivity contribution in [1.82, 2.24) is 9.97 Å². The van der Waals surface area contributed by atoms with Crippen molar-refractivity contribution >= 4 is 22.4 Å². The van der Waals surface area contributed by atoms with Gasteiger partial charge in [0, 0.05) is 11.1 Å². The van der Waals surface area contributed by atoms with Crippen LogP contribution in [0.15, 0.2) is 54.9 Å². The van der Waals surface area contributed by atoms with E-state index in [-0.39, 0.29) is 12.4 Å². The molecule has 2 aromatic carbocycles. The van der Waals surface area contributed by atoms with Gasteiger partial charge in [-0.3, -0.25) is 0 Å². The van der Waals surface area contributed by atoms with Crippen LogP contribution >= 0.6 is 0 Å². The van der Waals surface area contributed by atoms with Crippen LogP contribution in [0.5, 0.6) is 0 Å². The van der Waals surface area contributed by atoms with Crippen LogP contribution in [-0.4, -0.2) is 9.97 Å². The Morgan fingerprint density at radius 1 is 0.950 bits per heavy atom. The summed E-state index contributed by atoms with van der Waals surface area (Å²) in [5.74, 6) is 0.853. The number of benzene rings is 2. The highest BCUT2D eigenvalue weighted by atomic mass is 35.5. The van der Waals surface area contributed by atoms with E-state index in [0.29, 0.717) is 0 Å². The van der Waals surface area contributed by atoms with Crippen molar-refractivity contribution in [1.29, 1.82) is 0 Å². The third-order valence-corrected chi connectivity index (χ3v) is 3.19. The number of aromatic nitrogens is 2. The average Bonchev–Trinajstić information content (AvgIpc) is 2.48. The molecule has 0 atom stereocenters. The molecule has 0 aliphatic heterocycles. The Morgan fingerprint density at radius 3 is 2.55 bits per heavy atom. The molecule has 0 radical (unpaired) electrons. The molecule has 0 fully saturated rings. The third kappa shape index (κ3) is 2.73. The Bertz CT molecular complexity index is 707. The topological polar surface area (TPSA) is 37.8 Å². The van der Waals surface area contributed by atoms with Crippen molar-refractivity contribution in [3.05, 3.63) is 60.4 Å². The van der Waals surface area contributed by atoms with E-state index in [1.807, 2.05) is 30.3 Å². The van der Waals surface area contributed by atoms with Gasteiger partial charge in [-0.15, -0.1) is 0 Å². The first-order valence-electron chi connectivity index (χ1n) is 6.43. The van der Waals surface area contributed by atoms with Crippen LogP contribution in [0.2, 0.25) is 0 Å². The quantitative estimate of drug-likeness (QED) is 0.778. The zero-order chi connectivity index (χ0) is 13.1. The van der Waals surface area contributed by atoms with Gasteiger partial charge >= 0.3 is 0 Å². The molecule has 102 valence electrons. The fraction of sp³-hybridized carbons (Fsp3) is 0.125. The Balaban J connectivity index is 0.00000147. The summed E-state index contributed by atoms with van der Waals surface area (Å²) < 4.78 is 0. The van der Waals surface area contributed by atoms with E-state index in [1.165, 1.54) is 5.56 Å². The SMILES string of the molecule is CCc1ccccc1Nc1ncnc2ccccc12.[Cl-]. The average molecular weight is 285 g/mol. The van der Waals surface area contributed by atoms with Crippen LogP contribution in [0.1, 0.15) is 12.5 Å². The van der Waals surface area contributed by atoms with E-state index < -0.39 is 0 Å². The van der Waals surface area contributed by atoms with Gasteiger partial charge in [-0.1, -0.05) is 37.3 Å². The van der Waals surface area contributed by atoms with E-state index in [4.69, 9.17) is 0 Å². The van der Waals surface area contributed by atoms with Gasteiger partial charge in [0.2, 0.25) is 0 Å². The molecule has 3 nitrogen and oxygen atoms in total. The highest BCUT2D eigenvalue weighted by molar-refractivity contribution is 5.90. The molecule has 0 saturated heterocycles. The molecule has 0 amide bonds. The smallest absolute Gasteiger partial charge is 0.141 e. The molecular formula is C16H15ClN3-. The van der Waals surface area contributed by atoms with Crippen molar-refractivity contribution in [2.45, 2.75) is 13.3 Å². The molecule has 0 spiro atoms. The van der Waals surface area contributed by atoms with Gasteiger partial charge in [-0.05, 0) is 30.2 Å². The lowest BCUT2D eigenvalue weighted by molar-refractivity contribution is -0.00000391. The van der Waals surface area contributed by atoms with Crippen LogP contribution in [0.4, 0.5) is 11.5 Å². The first kappa shape index (κ1) is 14.3. The minimum Gasteiger partial charge on any atom is -1.00 e. The molecular weight excluding hydrogens is 270 g/mol. The summed E-state index contributed by atoms with van der Waals surface area (Å²) in [7, 11) is 0. The van der Waals surface area contributed by atoms with Gasteiger partial charge in [0.05, 0.1) is 5.52 Å². The number of rotatable bonds is 3. The number of hydrogen-bond donors (Lipinski definition) is 1. The minimum atomic E-state index is 0. The van der Waals surface area contributed by atoms with Crippen LogP contribution in [0.25, 0.3) is 10.9 Å². The number of anilines is 2. The minimum absolute atomic E-state index is 0. The molecule has 4 heteroatoms. The Hall–Kier alpha value is -2.13. The summed E-state index contributed by atoms with van der Waals surface area (Å²) in [6.07, 6.45) is 2.59. The molecule has 3 rings (SSSR count). The fourth-order valence-corrected chi connectivity index (χ4v) is 2.18. The number of hydrogen-bond acceptors (Lipinski definition) is 3. The van der Waals surface area contributed by atoms with Crippen LogP contribution in [0, 0.1) is 0 Å².